The van der Waals surface area contributed by atoms with E-state index in [1.54, 1.807) is 0 Å². The highest BCUT2D eigenvalue weighted by atomic mass is 32.2. The quantitative estimate of drug-likeness (QED) is 0.573. The van der Waals surface area contributed by atoms with E-state index in [0.29, 0.717) is 0 Å². The van der Waals surface area contributed by atoms with Gasteiger partial charge in [-0.25, -0.2) is 0 Å². The van der Waals surface area contributed by atoms with Crippen molar-refractivity contribution in [3.05, 3.63) is 0 Å². The summed E-state index contributed by atoms with van der Waals surface area (Å²) in [4.78, 5) is 0. The van der Waals surface area contributed by atoms with Crippen molar-refractivity contribution < 1.29 is 0 Å². The number of nitrogens with zero attached hydrogens (tertiary/aromatic N) is 1. The third-order valence-electron chi connectivity index (χ3n) is 0.440. The molecule has 0 unspecified atom stereocenters. The predicted octanol–water partition coefficient (Wildman–Crippen LogP) is 0.483. The van der Waals surface area contributed by atoms with Crippen molar-refractivity contribution in [2.45, 2.75) is 0 Å². The van der Waals surface area contributed by atoms with E-state index in [0.717, 1.165) is 0 Å². The third kappa shape index (κ3) is 4.73. The van der Waals surface area contributed by atoms with Crippen LogP contribution in [0.25, 0.3) is 0 Å². The molecule has 0 atom stereocenters. The van der Waals surface area contributed by atoms with E-state index in [1.807, 2.05) is 24.9 Å². The van der Waals surface area contributed by atoms with Gasteiger partial charge >= 0.3 is 0 Å². The maximum Gasteiger partial charge on any atom is 0.0175 e. The van der Waals surface area contributed by atoms with Crippen LogP contribution in [0, 0.1) is 0 Å². The second-order valence-electron chi connectivity index (χ2n) is 1.03. The van der Waals surface area contributed by atoms with Gasteiger partial charge < -0.3 is 0 Å². The van der Waals surface area contributed by atoms with E-state index in [4.69, 9.17) is 0 Å². The lowest BCUT2D eigenvalue weighted by Gasteiger charge is -2.09. The molecular weight excluding hydrogens is 142 g/mol. The first-order valence-electron chi connectivity index (χ1n) is 2.22. The van der Waals surface area contributed by atoms with Gasteiger partial charge in [-0.2, -0.15) is 3.71 Å². The molecule has 0 radical (unpaired) electrons. The number of hydrogen-bond donors (Lipinski definition) is 2. The first-order chi connectivity index (χ1) is 3.81. The van der Waals surface area contributed by atoms with E-state index in [-0.39, 0.29) is 0 Å². The summed E-state index contributed by atoms with van der Waals surface area (Å²) in [5, 5.41) is 0. The average Bonchev–Trinajstić information content (AvgIpc) is 1.68. The summed E-state index contributed by atoms with van der Waals surface area (Å²) in [6.07, 6.45) is 0. The molecule has 2 N–H and O–H groups in total. The van der Waals surface area contributed by atoms with E-state index in [9.17, 15) is 0 Å². The van der Waals surface area contributed by atoms with Crippen LogP contribution in [-0.2, 0) is 0 Å². The van der Waals surface area contributed by atoms with Gasteiger partial charge in [-0.15, -0.1) is 0 Å². The molecule has 5 heteroatoms. The SMILES string of the molecule is CNSN(C)SNC. The topological polar surface area (TPSA) is 27.3 Å². The number of rotatable bonds is 4. The molecule has 0 saturated carbocycles. The Hall–Kier alpha value is 0.580. The van der Waals surface area contributed by atoms with Gasteiger partial charge in [0, 0.05) is 31.3 Å². The van der Waals surface area contributed by atoms with Crippen LogP contribution in [0.2, 0.25) is 0 Å². The molecule has 0 aliphatic carbocycles. The molecule has 8 heavy (non-hydrogen) atoms. The van der Waals surface area contributed by atoms with Crippen LogP contribution >= 0.6 is 24.3 Å². The molecule has 0 aromatic carbocycles. The summed E-state index contributed by atoms with van der Waals surface area (Å²) in [6.45, 7) is 0. The predicted molar refractivity (Wildman–Crippen MR) is 41.1 cm³/mol. The van der Waals surface area contributed by atoms with E-state index >= 15 is 0 Å². The molecule has 0 aliphatic rings. The molecule has 0 bridgehead atoms. The smallest absolute Gasteiger partial charge is 0.0175 e. The van der Waals surface area contributed by atoms with E-state index < -0.39 is 0 Å². The zero-order valence-corrected chi connectivity index (χ0v) is 6.90. The Balaban J connectivity index is 2.92. The summed E-state index contributed by atoms with van der Waals surface area (Å²) in [6, 6.07) is 0. The lowest BCUT2D eigenvalue weighted by atomic mass is 11.6. The van der Waals surface area contributed by atoms with Crippen LogP contribution in [0.4, 0.5) is 0 Å². The van der Waals surface area contributed by atoms with Crippen LogP contribution in [0.5, 0.6) is 0 Å². The van der Waals surface area contributed by atoms with Crippen LogP contribution in [0.3, 0.4) is 0 Å². The maximum absolute atomic E-state index is 2.93. The summed E-state index contributed by atoms with van der Waals surface area (Å²) in [5.41, 5.74) is 0. The molecule has 0 heterocycles. The van der Waals surface area contributed by atoms with Crippen LogP contribution in [0.1, 0.15) is 0 Å². The second kappa shape index (κ2) is 5.71. The molecule has 0 aromatic heterocycles. The number of hydrogen-bond acceptors (Lipinski definition) is 5. The molecule has 0 spiro atoms. The van der Waals surface area contributed by atoms with Gasteiger partial charge in [0.15, 0.2) is 0 Å². The summed E-state index contributed by atoms with van der Waals surface area (Å²) >= 11 is 3.08. The second-order valence-corrected chi connectivity index (χ2v) is 3.54. The van der Waals surface area contributed by atoms with Crippen molar-refractivity contribution in [3.8, 4) is 0 Å². The van der Waals surface area contributed by atoms with Gasteiger partial charge in [0.2, 0.25) is 0 Å². The zero-order valence-electron chi connectivity index (χ0n) is 5.26. The van der Waals surface area contributed by atoms with Gasteiger partial charge in [0.05, 0.1) is 0 Å². The minimum absolute atomic E-state index is 1.54. The van der Waals surface area contributed by atoms with Crippen LogP contribution in [-0.4, -0.2) is 24.9 Å². The normalized spacial score (nSPS) is 10.5. The average molecular weight is 153 g/mol. The standard InChI is InChI=1S/C3H11N3S2/c1-4-7-6(3)8-5-2/h4-5H,1-3H3. The molecular formula is C3H11N3S2. The summed E-state index contributed by atoms with van der Waals surface area (Å²) in [5.74, 6) is 0. The molecule has 3 nitrogen and oxygen atoms in total. The van der Waals surface area contributed by atoms with Crippen molar-refractivity contribution in [1.82, 2.24) is 13.2 Å². The Kier molecular flexibility index (Phi) is 6.13. The van der Waals surface area contributed by atoms with Crippen molar-refractivity contribution in [2.24, 2.45) is 0 Å². The van der Waals surface area contributed by atoms with Crippen LogP contribution in [0.15, 0.2) is 0 Å². The lowest BCUT2D eigenvalue weighted by molar-refractivity contribution is 0.916. The minimum atomic E-state index is 1.54. The van der Waals surface area contributed by atoms with Gasteiger partial charge in [-0.3, -0.25) is 9.44 Å². The van der Waals surface area contributed by atoms with Crippen molar-refractivity contribution in [2.75, 3.05) is 21.1 Å². The fourth-order valence-electron chi connectivity index (χ4n) is 0.276. The van der Waals surface area contributed by atoms with Crippen molar-refractivity contribution in [1.29, 1.82) is 0 Å². The highest BCUT2D eigenvalue weighted by Crippen LogP contribution is 2.09. The van der Waals surface area contributed by atoms with Gasteiger partial charge in [-0.05, 0) is 14.1 Å². The molecule has 0 aliphatic heterocycles. The summed E-state index contributed by atoms with van der Waals surface area (Å²) < 4.78 is 7.84. The Morgan fingerprint density at radius 1 is 1.12 bits per heavy atom. The monoisotopic (exact) mass is 153 g/mol. The first-order valence-corrected chi connectivity index (χ1v) is 3.77. The van der Waals surface area contributed by atoms with Crippen molar-refractivity contribution in [3.63, 3.8) is 0 Å². The van der Waals surface area contributed by atoms with E-state index in [2.05, 4.69) is 9.44 Å². The largest absolute Gasteiger partial charge is 0.253 e. The Morgan fingerprint density at radius 3 is 1.75 bits per heavy atom. The molecule has 0 rings (SSSR count). The lowest BCUT2D eigenvalue weighted by Crippen LogP contribution is -2.10. The fraction of sp³-hybridized carbons (Fsp3) is 1.00. The minimum Gasteiger partial charge on any atom is -0.253 e. The Bertz CT molecular complexity index is 45.8. The number of nitrogens with one attached hydrogen (secondary N) is 2. The summed E-state index contributed by atoms with van der Waals surface area (Å²) in [7, 11) is 5.75. The molecule has 0 fully saturated rings. The van der Waals surface area contributed by atoms with Gasteiger partial charge in [0.25, 0.3) is 0 Å². The van der Waals surface area contributed by atoms with Crippen LogP contribution < -0.4 is 9.44 Å². The maximum atomic E-state index is 2.93. The first kappa shape index (κ1) is 8.58. The fourth-order valence-corrected chi connectivity index (χ4v) is 1.39. The Labute approximate surface area is 59.1 Å². The Morgan fingerprint density at radius 2 is 1.50 bits per heavy atom. The zero-order chi connectivity index (χ0) is 6.41. The molecule has 0 aromatic rings. The highest BCUT2D eigenvalue weighted by molar-refractivity contribution is 8.10. The van der Waals surface area contributed by atoms with Gasteiger partial charge in [0.1, 0.15) is 0 Å². The van der Waals surface area contributed by atoms with E-state index in [1.165, 1.54) is 24.3 Å². The van der Waals surface area contributed by atoms with Crippen molar-refractivity contribution >= 4 is 24.3 Å². The molecule has 50 valence electrons. The molecule has 0 saturated heterocycles. The highest BCUT2D eigenvalue weighted by Gasteiger charge is 1.92. The molecule has 0 amide bonds. The van der Waals surface area contributed by atoms with Gasteiger partial charge in [-0.1, -0.05) is 0 Å². The third-order valence-corrected chi connectivity index (χ3v) is 1.77.